The van der Waals surface area contributed by atoms with E-state index in [0.29, 0.717) is 12.7 Å². The largest absolute Gasteiger partial charge is 0.378 e. The van der Waals surface area contributed by atoms with E-state index in [4.69, 9.17) is 9.88 Å². The van der Waals surface area contributed by atoms with Gasteiger partial charge in [0, 0.05) is 0 Å². The van der Waals surface area contributed by atoms with Crippen molar-refractivity contribution >= 4 is 10.0 Å². The minimum atomic E-state index is -3.37. The molecule has 0 radical (unpaired) electrons. The van der Waals surface area contributed by atoms with E-state index in [0.717, 1.165) is 18.8 Å². The normalized spacial score (nSPS) is 28.9. The molecule has 0 aromatic carbocycles. The molecule has 5 heteroatoms. The molecule has 4 nitrogen and oxygen atoms in total. The Labute approximate surface area is 98.6 Å². The summed E-state index contributed by atoms with van der Waals surface area (Å²) in [5, 5.41) is 4.98. The maximum atomic E-state index is 10.9. The van der Waals surface area contributed by atoms with E-state index in [1.807, 2.05) is 6.92 Å². The number of ether oxygens (including phenoxy) is 1. The van der Waals surface area contributed by atoms with E-state index in [9.17, 15) is 8.42 Å². The summed E-state index contributed by atoms with van der Waals surface area (Å²) in [7, 11) is -3.37. The molecule has 2 N–H and O–H groups in total. The third kappa shape index (κ3) is 5.82. The van der Waals surface area contributed by atoms with Gasteiger partial charge in [0.1, 0.15) is 0 Å². The van der Waals surface area contributed by atoms with Crippen LogP contribution in [0, 0.1) is 11.8 Å². The lowest BCUT2D eigenvalue weighted by atomic mass is 9.89. The van der Waals surface area contributed by atoms with Gasteiger partial charge in [-0.1, -0.05) is 13.8 Å². The van der Waals surface area contributed by atoms with Crippen LogP contribution in [0.15, 0.2) is 0 Å². The second-order valence-corrected chi connectivity index (χ2v) is 6.81. The Morgan fingerprint density at radius 2 is 1.88 bits per heavy atom. The highest BCUT2D eigenvalue weighted by atomic mass is 32.2. The lowest BCUT2D eigenvalue weighted by molar-refractivity contribution is 0.00656. The predicted molar refractivity (Wildman–Crippen MR) is 64.5 cm³/mol. The van der Waals surface area contributed by atoms with Crippen molar-refractivity contribution in [3.05, 3.63) is 0 Å². The first-order chi connectivity index (χ1) is 7.37. The van der Waals surface area contributed by atoms with Crippen molar-refractivity contribution in [1.29, 1.82) is 0 Å². The van der Waals surface area contributed by atoms with Crippen LogP contribution in [0.2, 0.25) is 0 Å². The highest BCUT2D eigenvalue weighted by Gasteiger charge is 2.20. The van der Waals surface area contributed by atoms with Crippen molar-refractivity contribution in [2.24, 2.45) is 17.0 Å². The van der Waals surface area contributed by atoms with Crippen LogP contribution < -0.4 is 5.14 Å². The zero-order chi connectivity index (χ0) is 12.2. The van der Waals surface area contributed by atoms with Gasteiger partial charge in [0.05, 0.1) is 18.5 Å². The molecule has 0 saturated heterocycles. The second-order valence-electron chi connectivity index (χ2n) is 5.15. The molecule has 1 aliphatic rings. The molecule has 0 heterocycles. The summed E-state index contributed by atoms with van der Waals surface area (Å²) in [6, 6.07) is 0. The zero-order valence-electron chi connectivity index (χ0n) is 10.2. The Morgan fingerprint density at radius 1 is 1.31 bits per heavy atom. The summed E-state index contributed by atoms with van der Waals surface area (Å²) in [6.07, 6.45) is 4.95. The molecular weight excluding hydrogens is 226 g/mol. The van der Waals surface area contributed by atoms with Crippen LogP contribution >= 0.6 is 0 Å². The lowest BCUT2D eigenvalue weighted by Gasteiger charge is -2.27. The van der Waals surface area contributed by atoms with Crippen LogP contribution in [-0.2, 0) is 14.8 Å². The van der Waals surface area contributed by atoms with Crippen LogP contribution in [0.1, 0.15) is 39.5 Å². The molecule has 0 amide bonds. The quantitative estimate of drug-likeness (QED) is 0.803. The molecule has 96 valence electrons. The first-order valence-corrected chi connectivity index (χ1v) is 7.70. The molecule has 0 bridgehead atoms. The zero-order valence-corrected chi connectivity index (χ0v) is 11.0. The fourth-order valence-electron chi connectivity index (χ4n) is 2.14. The molecule has 0 spiro atoms. The Kier molecular flexibility index (Phi) is 5.21. The molecule has 0 aliphatic heterocycles. The van der Waals surface area contributed by atoms with Gasteiger partial charge < -0.3 is 4.74 Å². The average molecular weight is 249 g/mol. The monoisotopic (exact) mass is 249 g/mol. The Hall–Kier alpha value is -0.130. The van der Waals surface area contributed by atoms with Gasteiger partial charge in [0.2, 0.25) is 10.0 Å². The molecule has 1 aliphatic carbocycles. The molecule has 1 fully saturated rings. The maximum Gasteiger partial charge on any atom is 0.209 e. The van der Waals surface area contributed by atoms with Crippen LogP contribution in [0.5, 0.6) is 0 Å². The van der Waals surface area contributed by atoms with Gasteiger partial charge in [-0.2, -0.15) is 0 Å². The van der Waals surface area contributed by atoms with Crippen molar-refractivity contribution < 1.29 is 13.2 Å². The first-order valence-electron chi connectivity index (χ1n) is 5.99. The summed E-state index contributed by atoms with van der Waals surface area (Å²) < 4.78 is 27.4. The van der Waals surface area contributed by atoms with E-state index in [1.54, 1.807) is 0 Å². The van der Waals surface area contributed by atoms with Crippen LogP contribution in [-0.4, -0.2) is 26.9 Å². The van der Waals surface area contributed by atoms with Gasteiger partial charge in [-0.3, -0.25) is 0 Å². The van der Waals surface area contributed by atoms with Crippen molar-refractivity contribution in [2.75, 3.05) is 12.4 Å². The highest BCUT2D eigenvalue weighted by Crippen LogP contribution is 2.25. The number of hydrogen-bond acceptors (Lipinski definition) is 3. The SMILES string of the molecule is CC1CCC(OCC(C)CS(N)(=O)=O)CC1. The standard InChI is InChI=1S/C11H23NO3S/c1-9-3-5-11(6-4-9)15-7-10(2)8-16(12,13)14/h9-11H,3-8H2,1-2H3,(H2,12,13,14). The van der Waals surface area contributed by atoms with Crippen molar-refractivity contribution in [3.8, 4) is 0 Å². The number of nitrogens with two attached hydrogens (primary N) is 1. The predicted octanol–water partition coefficient (Wildman–Crippen LogP) is 1.51. The highest BCUT2D eigenvalue weighted by molar-refractivity contribution is 7.89. The minimum absolute atomic E-state index is 0.0100. The molecule has 1 atom stereocenters. The van der Waals surface area contributed by atoms with Crippen molar-refractivity contribution in [3.63, 3.8) is 0 Å². The van der Waals surface area contributed by atoms with Crippen LogP contribution in [0.25, 0.3) is 0 Å². The molecule has 1 rings (SSSR count). The summed E-state index contributed by atoms with van der Waals surface area (Å²) >= 11 is 0. The van der Waals surface area contributed by atoms with E-state index in [1.165, 1.54) is 12.8 Å². The molecule has 16 heavy (non-hydrogen) atoms. The van der Waals surface area contributed by atoms with Crippen LogP contribution in [0.3, 0.4) is 0 Å². The molecule has 0 aromatic heterocycles. The number of primary sulfonamides is 1. The fourth-order valence-corrected chi connectivity index (χ4v) is 3.03. The molecular formula is C11H23NO3S. The van der Waals surface area contributed by atoms with Crippen molar-refractivity contribution in [2.45, 2.75) is 45.6 Å². The van der Waals surface area contributed by atoms with Gasteiger partial charge >= 0.3 is 0 Å². The maximum absolute atomic E-state index is 10.9. The first kappa shape index (κ1) is 13.9. The Balaban J connectivity index is 2.19. The number of sulfonamides is 1. The van der Waals surface area contributed by atoms with Crippen molar-refractivity contribution in [1.82, 2.24) is 0 Å². The summed E-state index contributed by atoms with van der Waals surface area (Å²) in [6.45, 7) is 4.62. The van der Waals surface area contributed by atoms with Gasteiger partial charge in [0.25, 0.3) is 0 Å². The van der Waals surface area contributed by atoms with E-state index in [-0.39, 0.29) is 11.7 Å². The topological polar surface area (TPSA) is 69.4 Å². The number of hydrogen-bond donors (Lipinski definition) is 1. The number of rotatable bonds is 5. The summed E-state index contributed by atoms with van der Waals surface area (Å²) in [4.78, 5) is 0. The molecule has 1 saturated carbocycles. The summed E-state index contributed by atoms with van der Waals surface area (Å²) in [5.74, 6) is 0.798. The van der Waals surface area contributed by atoms with E-state index in [2.05, 4.69) is 6.92 Å². The minimum Gasteiger partial charge on any atom is -0.378 e. The van der Waals surface area contributed by atoms with Gasteiger partial charge in [-0.25, -0.2) is 13.6 Å². The second kappa shape index (κ2) is 5.98. The average Bonchev–Trinajstić information content (AvgIpc) is 2.14. The smallest absolute Gasteiger partial charge is 0.209 e. The third-order valence-electron chi connectivity index (χ3n) is 3.10. The summed E-state index contributed by atoms with van der Waals surface area (Å²) in [5.41, 5.74) is 0. The van der Waals surface area contributed by atoms with Gasteiger partial charge in [0.15, 0.2) is 0 Å². The van der Waals surface area contributed by atoms with Gasteiger partial charge in [-0.15, -0.1) is 0 Å². The Morgan fingerprint density at radius 3 is 2.38 bits per heavy atom. The fraction of sp³-hybridized carbons (Fsp3) is 1.00. The Bertz CT molecular complexity index is 294. The lowest BCUT2D eigenvalue weighted by Crippen LogP contribution is -2.27. The van der Waals surface area contributed by atoms with E-state index < -0.39 is 10.0 Å². The third-order valence-corrected chi connectivity index (χ3v) is 4.13. The molecule has 0 aromatic rings. The van der Waals surface area contributed by atoms with E-state index >= 15 is 0 Å². The van der Waals surface area contributed by atoms with Gasteiger partial charge in [-0.05, 0) is 37.5 Å². The van der Waals surface area contributed by atoms with Crippen LogP contribution in [0.4, 0.5) is 0 Å². The molecule has 1 unspecified atom stereocenters.